The van der Waals surface area contributed by atoms with Crippen LogP contribution in [0.2, 0.25) is 0 Å². The summed E-state index contributed by atoms with van der Waals surface area (Å²) in [5, 5.41) is 0. The average Bonchev–Trinajstić information content (AvgIpc) is 2.29. The molecule has 0 radical (unpaired) electrons. The second-order valence-corrected chi connectivity index (χ2v) is 4.76. The zero-order valence-electron chi connectivity index (χ0n) is 11.2. The minimum atomic E-state index is -0.359. The number of carbonyl (C=O) groups is 1. The molecule has 1 rings (SSSR count). The molecular weight excluding hydrogens is 216 g/mol. The van der Waals surface area contributed by atoms with Crippen molar-refractivity contribution in [3.8, 4) is 5.75 Å². The molecule has 0 aromatic heterocycles. The summed E-state index contributed by atoms with van der Waals surface area (Å²) < 4.78 is 5.96. The fraction of sp³-hybridized carbons (Fsp3) is 0.462. The first-order valence-corrected chi connectivity index (χ1v) is 5.69. The summed E-state index contributed by atoms with van der Waals surface area (Å²) in [6.45, 7) is 3.15. The summed E-state index contributed by atoms with van der Waals surface area (Å²) in [6, 6.07) is 7.63. The number of amides is 1. The molecule has 0 atom stereocenters. The maximum absolute atomic E-state index is 11.4. The van der Waals surface area contributed by atoms with E-state index in [2.05, 4.69) is 21.0 Å². The van der Waals surface area contributed by atoms with Crippen LogP contribution >= 0.6 is 0 Å². The van der Waals surface area contributed by atoms with Gasteiger partial charge in [-0.1, -0.05) is 0 Å². The molecule has 0 aliphatic rings. The summed E-state index contributed by atoms with van der Waals surface area (Å²) in [6.07, 6.45) is -0.359. The Balaban J connectivity index is 2.79. The molecule has 0 unspecified atom stereocenters. The predicted molar refractivity (Wildman–Crippen MR) is 70.3 cm³/mol. The Labute approximate surface area is 103 Å². The summed E-state index contributed by atoms with van der Waals surface area (Å²) in [5.41, 5.74) is 1.19. The van der Waals surface area contributed by atoms with Crippen molar-refractivity contribution < 1.29 is 9.53 Å². The van der Waals surface area contributed by atoms with Gasteiger partial charge in [0.1, 0.15) is 11.4 Å². The molecule has 0 aliphatic carbocycles. The SMILES string of the molecule is CC[N+](C)(C)c1ccc(OC(=O)N(C)C)cc1. The molecule has 0 spiro atoms. The molecule has 0 saturated carbocycles. The third-order valence-electron chi connectivity index (χ3n) is 2.90. The number of ether oxygens (including phenoxy) is 1. The van der Waals surface area contributed by atoms with Gasteiger partial charge in [0.15, 0.2) is 0 Å². The van der Waals surface area contributed by atoms with Gasteiger partial charge in [-0.3, -0.25) is 4.48 Å². The van der Waals surface area contributed by atoms with Gasteiger partial charge in [0.05, 0.1) is 20.6 Å². The standard InChI is InChI=1S/C13H21N2O2/c1-6-15(4,5)11-7-9-12(10-8-11)17-13(16)14(2)3/h7-10H,6H2,1-5H3/q+1. The van der Waals surface area contributed by atoms with Gasteiger partial charge in [-0.05, 0) is 19.1 Å². The lowest BCUT2D eigenvalue weighted by molar-refractivity contribution is 0.172. The lowest BCUT2D eigenvalue weighted by Gasteiger charge is -2.27. The number of benzene rings is 1. The van der Waals surface area contributed by atoms with E-state index in [1.165, 1.54) is 10.6 Å². The Hall–Kier alpha value is -1.55. The second-order valence-electron chi connectivity index (χ2n) is 4.76. The van der Waals surface area contributed by atoms with Crippen molar-refractivity contribution in [2.45, 2.75) is 6.92 Å². The van der Waals surface area contributed by atoms with E-state index in [-0.39, 0.29) is 6.09 Å². The first-order valence-electron chi connectivity index (χ1n) is 5.69. The van der Waals surface area contributed by atoms with Crippen LogP contribution in [0.3, 0.4) is 0 Å². The van der Waals surface area contributed by atoms with Crippen molar-refractivity contribution in [3.63, 3.8) is 0 Å². The van der Waals surface area contributed by atoms with Crippen molar-refractivity contribution in [1.29, 1.82) is 0 Å². The summed E-state index contributed by atoms with van der Waals surface area (Å²) in [5.74, 6) is 0.573. The Morgan fingerprint density at radius 2 is 1.76 bits per heavy atom. The normalized spacial score (nSPS) is 11.1. The molecule has 4 heteroatoms. The van der Waals surface area contributed by atoms with Crippen LogP contribution in [0.4, 0.5) is 10.5 Å². The molecule has 1 aromatic carbocycles. The first-order chi connectivity index (χ1) is 7.86. The highest BCUT2D eigenvalue weighted by Crippen LogP contribution is 2.22. The molecule has 4 nitrogen and oxygen atoms in total. The largest absolute Gasteiger partial charge is 0.414 e. The average molecular weight is 237 g/mol. The van der Waals surface area contributed by atoms with E-state index in [0.717, 1.165) is 11.0 Å². The van der Waals surface area contributed by atoms with Crippen LogP contribution in [0, 0.1) is 0 Å². The number of hydrogen-bond donors (Lipinski definition) is 0. The number of quaternary nitrogens is 1. The Bertz CT molecular complexity index is 383. The molecular formula is C13H21N2O2+. The first kappa shape index (κ1) is 13.5. The van der Waals surface area contributed by atoms with Gasteiger partial charge in [-0.15, -0.1) is 0 Å². The van der Waals surface area contributed by atoms with Gasteiger partial charge in [0.25, 0.3) is 0 Å². The van der Waals surface area contributed by atoms with E-state index < -0.39 is 0 Å². The molecule has 0 heterocycles. The van der Waals surface area contributed by atoms with Gasteiger partial charge in [-0.2, -0.15) is 0 Å². The minimum Gasteiger partial charge on any atom is -0.410 e. The van der Waals surface area contributed by atoms with Gasteiger partial charge in [0.2, 0.25) is 0 Å². The van der Waals surface area contributed by atoms with Crippen molar-refractivity contribution in [3.05, 3.63) is 24.3 Å². The highest BCUT2D eigenvalue weighted by Gasteiger charge is 2.16. The van der Waals surface area contributed by atoms with Crippen LogP contribution in [-0.2, 0) is 0 Å². The molecule has 17 heavy (non-hydrogen) atoms. The van der Waals surface area contributed by atoms with Crippen LogP contribution in [0.15, 0.2) is 24.3 Å². The third kappa shape index (κ3) is 3.46. The van der Waals surface area contributed by atoms with Crippen LogP contribution < -0.4 is 9.22 Å². The van der Waals surface area contributed by atoms with E-state index in [9.17, 15) is 4.79 Å². The van der Waals surface area contributed by atoms with E-state index in [1.807, 2.05) is 24.3 Å². The van der Waals surface area contributed by atoms with Crippen molar-refractivity contribution in [2.24, 2.45) is 0 Å². The molecule has 0 saturated heterocycles. The van der Waals surface area contributed by atoms with Gasteiger partial charge < -0.3 is 9.64 Å². The fourth-order valence-corrected chi connectivity index (χ4v) is 1.29. The number of rotatable bonds is 3. The second kappa shape index (κ2) is 5.19. The zero-order valence-corrected chi connectivity index (χ0v) is 11.2. The molecule has 1 aromatic rings. The van der Waals surface area contributed by atoms with Crippen molar-refractivity contribution in [1.82, 2.24) is 9.38 Å². The number of carbonyl (C=O) groups excluding carboxylic acids is 1. The highest BCUT2D eigenvalue weighted by atomic mass is 16.6. The van der Waals surface area contributed by atoms with E-state index >= 15 is 0 Å². The van der Waals surface area contributed by atoms with E-state index in [4.69, 9.17) is 4.74 Å². The fourth-order valence-electron chi connectivity index (χ4n) is 1.29. The quantitative estimate of drug-likeness (QED) is 0.755. The molecule has 0 N–H and O–H groups in total. The maximum atomic E-state index is 11.4. The number of nitrogens with zero attached hydrogens (tertiary/aromatic N) is 2. The minimum absolute atomic E-state index is 0.359. The molecule has 1 amide bonds. The van der Waals surface area contributed by atoms with E-state index in [1.54, 1.807) is 14.1 Å². The molecule has 0 fully saturated rings. The van der Waals surface area contributed by atoms with E-state index in [0.29, 0.717) is 5.75 Å². The lowest BCUT2D eigenvalue weighted by atomic mass is 10.2. The maximum Gasteiger partial charge on any atom is 0.414 e. The lowest BCUT2D eigenvalue weighted by Crippen LogP contribution is -2.39. The Kier molecular flexibility index (Phi) is 4.12. The third-order valence-corrected chi connectivity index (χ3v) is 2.90. The molecule has 0 aliphatic heterocycles. The van der Waals surface area contributed by atoms with Gasteiger partial charge in [-0.25, -0.2) is 4.79 Å². The van der Waals surface area contributed by atoms with Crippen LogP contribution in [0.25, 0.3) is 0 Å². The van der Waals surface area contributed by atoms with Crippen LogP contribution in [-0.4, -0.2) is 45.7 Å². The summed E-state index contributed by atoms with van der Waals surface area (Å²) in [4.78, 5) is 12.8. The van der Waals surface area contributed by atoms with Gasteiger partial charge >= 0.3 is 6.09 Å². The Morgan fingerprint density at radius 1 is 1.24 bits per heavy atom. The molecule has 94 valence electrons. The van der Waals surface area contributed by atoms with Gasteiger partial charge in [0, 0.05) is 26.2 Å². The Morgan fingerprint density at radius 3 is 2.18 bits per heavy atom. The highest BCUT2D eigenvalue weighted by molar-refractivity contribution is 5.70. The predicted octanol–water partition coefficient (Wildman–Crippen LogP) is 2.33. The summed E-state index contributed by atoms with van der Waals surface area (Å²) in [7, 11) is 7.60. The van der Waals surface area contributed by atoms with Crippen LogP contribution in [0.5, 0.6) is 5.75 Å². The van der Waals surface area contributed by atoms with Crippen molar-refractivity contribution >= 4 is 11.8 Å². The topological polar surface area (TPSA) is 29.5 Å². The van der Waals surface area contributed by atoms with Crippen molar-refractivity contribution in [2.75, 3.05) is 34.7 Å². The summed E-state index contributed by atoms with van der Waals surface area (Å²) >= 11 is 0. The zero-order chi connectivity index (χ0) is 13.1. The van der Waals surface area contributed by atoms with Crippen LogP contribution in [0.1, 0.15) is 6.92 Å². The molecule has 0 bridgehead atoms. The monoisotopic (exact) mass is 237 g/mol. The number of hydrogen-bond acceptors (Lipinski definition) is 2. The smallest absolute Gasteiger partial charge is 0.410 e.